The first kappa shape index (κ1) is 12.5. The quantitative estimate of drug-likeness (QED) is 0.885. The average molecular weight is 248 g/mol. The van der Waals surface area contributed by atoms with E-state index >= 15 is 0 Å². The van der Waals surface area contributed by atoms with E-state index in [0.29, 0.717) is 5.56 Å². The molecule has 5 heteroatoms. The fraction of sp³-hybridized carbons (Fsp3) is 0.462. The van der Waals surface area contributed by atoms with Crippen molar-refractivity contribution in [1.82, 2.24) is 9.88 Å². The molecule has 0 spiro atoms. The highest BCUT2D eigenvalue weighted by Gasteiger charge is 2.28. The van der Waals surface area contributed by atoms with E-state index < -0.39 is 5.97 Å². The number of carbonyl (C=O) groups excluding carboxylic acids is 1. The molecule has 1 atom stereocenters. The number of carbonyl (C=O) groups is 2. The molecule has 1 unspecified atom stereocenters. The second-order valence-corrected chi connectivity index (χ2v) is 4.47. The van der Waals surface area contributed by atoms with Crippen molar-refractivity contribution in [2.45, 2.75) is 32.2 Å². The van der Waals surface area contributed by atoms with E-state index in [1.54, 1.807) is 0 Å². The van der Waals surface area contributed by atoms with E-state index in [2.05, 4.69) is 11.9 Å². The number of carboxylic acid groups (broad SMARTS) is 1. The van der Waals surface area contributed by atoms with Crippen molar-refractivity contribution < 1.29 is 14.7 Å². The van der Waals surface area contributed by atoms with Gasteiger partial charge in [0.25, 0.3) is 5.91 Å². The third-order valence-corrected chi connectivity index (χ3v) is 3.34. The highest BCUT2D eigenvalue weighted by atomic mass is 16.4. The Morgan fingerprint density at radius 2 is 2.17 bits per heavy atom. The zero-order chi connectivity index (χ0) is 13.1. The molecular weight excluding hydrogens is 232 g/mol. The SMILES string of the molecule is CCC1CCCN1C(=O)c1cncc(C(=O)O)c1. The largest absolute Gasteiger partial charge is 0.478 e. The number of aromatic nitrogens is 1. The van der Waals surface area contributed by atoms with Crippen LogP contribution in [0.3, 0.4) is 0 Å². The van der Waals surface area contributed by atoms with Crippen LogP contribution in [0.1, 0.15) is 46.9 Å². The number of hydrogen-bond donors (Lipinski definition) is 1. The maximum atomic E-state index is 12.3. The molecule has 1 fully saturated rings. The van der Waals surface area contributed by atoms with Crippen molar-refractivity contribution >= 4 is 11.9 Å². The highest BCUT2D eigenvalue weighted by molar-refractivity contribution is 5.97. The second kappa shape index (κ2) is 5.16. The Labute approximate surface area is 105 Å². The predicted molar refractivity (Wildman–Crippen MR) is 65.5 cm³/mol. The molecule has 0 bridgehead atoms. The summed E-state index contributed by atoms with van der Waals surface area (Å²) < 4.78 is 0. The van der Waals surface area contributed by atoms with Crippen molar-refractivity contribution in [3.63, 3.8) is 0 Å². The van der Waals surface area contributed by atoms with E-state index in [1.807, 2.05) is 4.90 Å². The number of pyridine rings is 1. The number of hydrogen-bond acceptors (Lipinski definition) is 3. The molecule has 0 radical (unpaired) electrons. The van der Waals surface area contributed by atoms with Crippen molar-refractivity contribution in [1.29, 1.82) is 0 Å². The maximum absolute atomic E-state index is 12.3. The van der Waals surface area contributed by atoms with Crippen molar-refractivity contribution in [3.8, 4) is 0 Å². The van der Waals surface area contributed by atoms with E-state index in [9.17, 15) is 9.59 Å². The molecule has 0 aromatic carbocycles. The predicted octanol–water partition coefficient (Wildman–Crippen LogP) is 1.79. The van der Waals surface area contributed by atoms with Gasteiger partial charge in [-0.05, 0) is 25.3 Å². The van der Waals surface area contributed by atoms with Crippen LogP contribution >= 0.6 is 0 Å². The average Bonchev–Trinajstić information content (AvgIpc) is 2.86. The summed E-state index contributed by atoms with van der Waals surface area (Å²) in [4.78, 5) is 28.8. The smallest absolute Gasteiger partial charge is 0.337 e. The van der Waals surface area contributed by atoms with E-state index in [4.69, 9.17) is 5.11 Å². The van der Waals surface area contributed by atoms with Gasteiger partial charge in [-0.2, -0.15) is 0 Å². The number of aromatic carboxylic acids is 1. The molecule has 5 nitrogen and oxygen atoms in total. The molecule has 0 aliphatic carbocycles. The van der Waals surface area contributed by atoms with Gasteiger partial charge in [-0.25, -0.2) is 4.79 Å². The minimum atomic E-state index is -1.06. The molecular formula is C13H16N2O3. The molecule has 2 rings (SSSR count). The normalized spacial score (nSPS) is 18.9. The van der Waals surface area contributed by atoms with Crippen LogP contribution in [0.4, 0.5) is 0 Å². The van der Waals surface area contributed by atoms with Crippen LogP contribution in [0.2, 0.25) is 0 Å². The molecule has 1 aliphatic rings. The Hall–Kier alpha value is -1.91. The summed E-state index contributed by atoms with van der Waals surface area (Å²) in [5, 5.41) is 8.89. The van der Waals surface area contributed by atoms with Gasteiger partial charge < -0.3 is 10.0 Å². The molecule has 18 heavy (non-hydrogen) atoms. The fourth-order valence-electron chi connectivity index (χ4n) is 2.37. The van der Waals surface area contributed by atoms with Crippen LogP contribution in [0.5, 0.6) is 0 Å². The van der Waals surface area contributed by atoms with Gasteiger partial charge >= 0.3 is 5.97 Å². The maximum Gasteiger partial charge on any atom is 0.337 e. The molecule has 1 aromatic rings. The van der Waals surface area contributed by atoms with Gasteiger partial charge in [0.15, 0.2) is 0 Å². The minimum Gasteiger partial charge on any atom is -0.478 e. The van der Waals surface area contributed by atoms with Gasteiger partial charge in [0.2, 0.25) is 0 Å². The van der Waals surface area contributed by atoms with E-state index in [1.165, 1.54) is 18.5 Å². The standard InChI is InChI=1S/C13H16N2O3/c1-2-11-4-3-5-15(11)12(16)9-6-10(13(17)18)8-14-7-9/h6-8,11H,2-5H2,1H3,(H,17,18). The topological polar surface area (TPSA) is 70.5 Å². The lowest BCUT2D eigenvalue weighted by Crippen LogP contribution is -2.35. The van der Waals surface area contributed by atoms with Crippen LogP contribution in [0.15, 0.2) is 18.5 Å². The van der Waals surface area contributed by atoms with Crippen LogP contribution in [0.25, 0.3) is 0 Å². The van der Waals surface area contributed by atoms with Crippen LogP contribution in [-0.2, 0) is 0 Å². The first-order chi connectivity index (χ1) is 8.63. The van der Waals surface area contributed by atoms with Gasteiger partial charge in [-0.1, -0.05) is 6.92 Å². The molecule has 1 amide bonds. The summed E-state index contributed by atoms with van der Waals surface area (Å²) in [7, 11) is 0. The Bertz CT molecular complexity index is 473. The fourth-order valence-corrected chi connectivity index (χ4v) is 2.37. The number of amides is 1. The van der Waals surface area contributed by atoms with Gasteiger partial charge in [-0.15, -0.1) is 0 Å². The first-order valence-corrected chi connectivity index (χ1v) is 6.12. The van der Waals surface area contributed by atoms with E-state index in [0.717, 1.165) is 25.8 Å². The van der Waals surface area contributed by atoms with Crippen molar-refractivity contribution in [2.75, 3.05) is 6.54 Å². The zero-order valence-corrected chi connectivity index (χ0v) is 10.3. The summed E-state index contributed by atoms with van der Waals surface area (Å²) in [6, 6.07) is 1.66. The Kier molecular flexibility index (Phi) is 3.60. The summed E-state index contributed by atoms with van der Waals surface area (Å²) >= 11 is 0. The summed E-state index contributed by atoms with van der Waals surface area (Å²) in [6.45, 7) is 2.80. The summed E-state index contributed by atoms with van der Waals surface area (Å²) in [5.74, 6) is -1.18. The zero-order valence-electron chi connectivity index (χ0n) is 10.3. The number of carboxylic acids is 1. The van der Waals surface area contributed by atoms with Crippen LogP contribution < -0.4 is 0 Å². The number of likely N-dealkylation sites (tertiary alicyclic amines) is 1. The molecule has 1 aromatic heterocycles. The van der Waals surface area contributed by atoms with Crippen LogP contribution in [0, 0.1) is 0 Å². The van der Waals surface area contributed by atoms with Gasteiger partial charge in [0.05, 0.1) is 11.1 Å². The Morgan fingerprint density at radius 1 is 1.44 bits per heavy atom. The summed E-state index contributed by atoms with van der Waals surface area (Å²) in [5.41, 5.74) is 0.406. The van der Waals surface area contributed by atoms with Gasteiger partial charge in [0, 0.05) is 25.0 Å². The number of rotatable bonds is 3. The first-order valence-electron chi connectivity index (χ1n) is 6.12. The Morgan fingerprint density at radius 3 is 2.83 bits per heavy atom. The molecule has 1 N–H and O–H groups in total. The summed E-state index contributed by atoms with van der Waals surface area (Å²) in [6.07, 6.45) is 5.64. The Balaban J connectivity index is 2.23. The molecule has 1 aliphatic heterocycles. The third-order valence-electron chi connectivity index (χ3n) is 3.34. The van der Waals surface area contributed by atoms with Crippen molar-refractivity contribution in [2.24, 2.45) is 0 Å². The lowest BCUT2D eigenvalue weighted by atomic mass is 10.1. The van der Waals surface area contributed by atoms with Crippen LogP contribution in [-0.4, -0.2) is 39.5 Å². The van der Waals surface area contributed by atoms with Gasteiger partial charge in [0.1, 0.15) is 0 Å². The molecule has 96 valence electrons. The second-order valence-electron chi connectivity index (χ2n) is 4.47. The third kappa shape index (κ3) is 2.34. The molecule has 2 heterocycles. The monoisotopic (exact) mass is 248 g/mol. The molecule has 0 saturated carbocycles. The minimum absolute atomic E-state index is 0.0492. The van der Waals surface area contributed by atoms with Gasteiger partial charge in [-0.3, -0.25) is 9.78 Å². The lowest BCUT2D eigenvalue weighted by Gasteiger charge is -2.23. The van der Waals surface area contributed by atoms with E-state index in [-0.39, 0.29) is 17.5 Å². The number of nitrogens with zero attached hydrogens (tertiary/aromatic N) is 2. The van der Waals surface area contributed by atoms with Crippen molar-refractivity contribution in [3.05, 3.63) is 29.6 Å². The lowest BCUT2D eigenvalue weighted by molar-refractivity contribution is 0.0696. The highest BCUT2D eigenvalue weighted by Crippen LogP contribution is 2.22. The molecule has 1 saturated heterocycles.